The molecule has 0 heterocycles. The molecule has 0 aromatic heterocycles. The molecule has 0 amide bonds. The first-order valence-electron chi connectivity index (χ1n) is 8.43. The van der Waals surface area contributed by atoms with Gasteiger partial charge in [0, 0.05) is 11.7 Å². The number of nitrogens with one attached hydrogen (secondary N) is 2. The Balaban J connectivity index is 1.81. The minimum Gasteiger partial charge on any atom is -0.457 e. The number of thiocarbonyl (C=S) groups is 1. The fraction of sp³-hybridized carbons (Fsp3) is 0.350. The van der Waals surface area contributed by atoms with Crippen LogP contribution in [0, 0.1) is 5.92 Å². The largest absolute Gasteiger partial charge is 0.457 e. The van der Waals surface area contributed by atoms with Gasteiger partial charge in [0.05, 0.1) is 0 Å². The van der Waals surface area contributed by atoms with E-state index in [1.165, 1.54) is 6.42 Å². The van der Waals surface area contributed by atoms with E-state index in [-0.39, 0.29) is 0 Å². The van der Waals surface area contributed by atoms with E-state index in [1.54, 1.807) is 0 Å². The molecule has 3 nitrogen and oxygen atoms in total. The number of ether oxygens (including phenoxy) is 1. The summed E-state index contributed by atoms with van der Waals surface area (Å²) in [7, 11) is 0. The number of benzene rings is 2. The molecular formula is C20H26N2OS. The number of hydrogen-bond donors (Lipinski definition) is 2. The second kappa shape index (κ2) is 9.28. The zero-order valence-electron chi connectivity index (χ0n) is 14.6. The Bertz CT molecular complexity index is 626. The van der Waals surface area contributed by atoms with Crippen molar-refractivity contribution in [2.24, 2.45) is 5.92 Å². The van der Waals surface area contributed by atoms with Gasteiger partial charge < -0.3 is 15.4 Å². The summed E-state index contributed by atoms with van der Waals surface area (Å²) in [5.41, 5.74) is 0.948. The lowest BCUT2D eigenvalue weighted by Gasteiger charge is -2.18. The summed E-state index contributed by atoms with van der Waals surface area (Å²) in [6.45, 7) is 6.64. The van der Waals surface area contributed by atoms with E-state index >= 15 is 0 Å². The van der Waals surface area contributed by atoms with Crippen LogP contribution in [0.1, 0.15) is 33.6 Å². The molecule has 0 fully saturated rings. The lowest BCUT2D eigenvalue weighted by Crippen LogP contribution is -2.36. The van der Waals surface area contributed by atoms with Gasteiger partial charge in [0.25, 0.3) is 0 Å². The molecule has 24 heavy (non-hydrogen) atoms. The highest BCUT2D eigenvalue weighted by Gasteiger charge is 2.06. The third-order valence-electron chi connectivity index (χ3n) is 3.65. The standard InChI is InChI=1S/C20H26N2OS/c1-15(2)9-10-16(3)21-20(24)22-17-11-13-19(14-12-17)23-18-7-5-4-6-8-18/h4-8,11-16H,9-10H2,1-3H3,(H2,21,22,24)/t16-/m1/s1. The molecule has 4 heteroatoms. The summed E-state index contributed by atoms with van der Waals surface area (Å²) < 4.78 is 5.78. The van der Waals surface area contributed by atoms with Gasteiger partial charge in [-0.05, 0) is 74.3 Å². The van der Waals surface area contributed by atoms with Crippen molar-refractivity contribution >= 4 is 23.0 Å². The van der Waals surface area contributed by atoms with E-state index in [0.29, 0.717) is 17.1 Å². The lowest BCUT2D eigenvalue weighted by atomic mass is 10.0. The molecule has 0 saturated carbocycles. The summed E-state index contributed by atoms with van der Waals surface area (Å²) in [5, 5.41) is 7.20. The van der Waals surface area contributed by atoms with E-state index in [2.05, 4.69) is 31.4 Å². The van der Waals surface area contributed by atoms with Gasteiger partial charge in [0.2, 0.25) is 0 Å². The maximum atomic E-state index is 5.78. The highest BCUT2D eigenvalue weighted by molar-refractivity contribution is 7.80. The molecule has 128 valence electrons. The van der Waals surface area contributed by atoms with Crippen LogP contribution in [0.25, 0.3) is 0 Å². The van der Waals surface area contributed by atoms with Crippen molar-refractivity contribution in [1.82, 2.24) is 5.32 Å². The smallest absolute Gasteiger partial charge is 0.170 e. The zero-order valence-corrected chi connectivity index (χ0v) is 15.4. The van der Waals surface area contributed by atoms with Gasteiger partial charge in [-0.3, -0.25) is 0 Å². The topological polar surface area (TPSA) is 33.3 Å². The first-order chi connectivity index (χ1) is 11.5. The molecule has 0 aliphatic heterocycles. The van der Waals surface area contributed by atoms with Crippen molar-refractivity contribution in [3.63, 3.8) is 0 Å². The third-order valence-corrected chi connectivity index (χ3v) is 3.87. The number of rotatable bonds is 7. The number of hydrogen-bond acceptors (Lipinski definition) is 2. The average Bonchev–Trinajstić information content (AvgIpc) is 2.56. The van der Waals surface area contributed by atoms with Crippen LogP contribution in [0.5, 0.6) is 11.5 Å². The molecule has 2 rings (SSSR count). The van der Waals surface area contributed by atoms with Crippen LogP contribution in [-0.4, -0.2) is 11.2 Å². The van der Waals surface area contributed by atoms with Gasteiger partial charge in [0.1, 0.15) is 11.5 Å². The fourth-order valence-electron chi connectivity index (χ4n) is 2.28. The molecule has 2 aromatic carbocycles. The van der Waals surface area contributed by atoms with Crippen LogP contribution in [0.15, 0.2) is 54.6 Å². The predicted octanol–water partition coefficient (Wildman–Crippen LogP) is 5.59. The Morgan fingerprint density at radius 2 is 1.54 bits per heavy atom. The van der Waals surface area contributed by atoms with E-state index in [1.807, 2.05) is 54.6 Å². The quantitative estimate of drug-likeness (QED) is 0.643. The number of anilines is 1. The maximum absolute atomic E-state index is 5.78. The Kier molecular flexibility index (Phi) is 7.07. The molecule has 2 aromatic rings. The van der Waals surface area contributed by atoms with Crippen molar-refractivity contribution < 1.29 is 4.74 Å². The van der Waals surface area contributed by atoms with Gasteiger partial charge >= 0.3 is 0 Å². The molecule has 0 radical (unpaired) electrons. The van der Waals surface area contributed by atoms with Crippen molar-refractivity contribution in [2.45, 2.75) is 39.7 Å². The van der Waals surface area contributed by atoms with Crippen molar-refractivity contribution in [1.29, 1.82) is 0 Å². The third kappa shape index (κ3) is 6.59. The SMILES string of the molecule is CC(C)CC[C@@H](C)NC(=S)Nc1ccc(Oc2ccccc2)cc1. The Morgan fingerprint density at radius 3 is 2.17 bits per heavy atom. The molecule has 0 aliphatic carbocycles. The van der Waals surface area contributed by atoms with Crippen LogP contribution < -0.4 is 15.4 Å². The van der Waals surface area contributed by atoms with Gasteiger partial charge in [-0.15, -0.1) is 0 Å². The van der Waals surface area contributed by atoms with Crippen molar-refractivity contribution in [3.05, 3.63) is 54.6 Å². The zero-order chi connectivity index (χ0) is 17.4. The molecule has 0 bridgehead atoms. The minimum atomic E-state index is 0.369. The molecule has 0 spiro atoms. The summed E-state index contributed by atoms with van der Waals surface area (Å²) >= 11 is 5.38. The van der Waals surface area contributed by atoms with Gasteiger partial charge in [-0.25, -0.2) is 0 Å². The first-order valence-corrected chi connectivity index (χ1v) is 8.84. The Hall–Kier alpha value is -2.07. The minimum absolute atomic E-state index is 0.369. The van der Waals surface area contributed by atoms with Crippen LogP contribution in [0.4, 0.5) is 5.69 Å². The van der Waals surface area contributed by atoms with E-state index in [9.17, 15) is 0 Å². The van der Waals surface area contributed by atoms with Crippen molar-refractivity contribution in [3.8, 4) is 11.5 Å². The fourth-order valence-corrected chi connectivity index (χ4v) is 2.60. The summed E-state index contributed by atoms with van der Waals surface area (Å²) in [6.07, 6.45) is 2.31. The highest BCUT2D eigenvalue weighted by atomic mass is 32.1. The maximum Gasteiger partial charge on any atom is 0.170 e. The normalized spacial score (nSPS) is 11.8. The van der Waals surface area contributed by atoms with E-state index in [0.717, 1.165) is 23.6 Å². The second-order valence-electron chi connectivity index (χ2n) is 6.41. The van der Waals surface area contributed by atoms with Crippen molar-refractivity contribution in [2.75, 3.05) is 5.32 Å². The lowest BCUT2D eigenvalue weighted by molar-refractivity contribution is 0.483. The second-order valence-corrected chi connectivity index (χ2v) is 6.82. The van der Waals surface area contributed by atoms with Crippen LogP contribution >= 0.6 is 12.2 Å². The van der Waals surface area contributed by atoms with E-state index < -0.39 is 0 Å². The monoisotopic (exact) mass is 342 g/mol. The van der Waals surface area contributed by atoms with Gasteiger partial charge in [-0.2, -0.15) is 0 Å². The molecule has 0 saturated heterocycles. The summed E-state index contributed by atoms with van der Waals surface area (Å²) in [4.78, 5) is 0. The Morgan fingerprint density at radius 1 is 0.917 bits per heavy atom. The Labute approximate surface area is 150 Å². The highest BCUT2D eigenvalue weighted by Crippen LogP contribution is 2.22. The van der Waals surface area contributed by atoms with E-state index in [4.69, 9.17) is 17.0 Å². The average molecular weight is 343 g/mol. The molecule has 1 atom stereocenters. The van der Waals surface area contributed by atoms with Crippen LogP contribution in [0.3, 0.4) is 0 Å². The van der Waals surface area contributed by atoms with Crippen LogP contribution in [-0.2, 0) is 0 Å². The number of para-hydroxylation sites is 1. The molecule has 0 unspecified atom stereocenters. The molecule has 2 N–H and O–H groups in total. The molecule has 0 aliphatic rings. The summed E-state index contributed by atoms with van der Waals surface area (Å²) in [6, 6.07) is 17.9. The van der Waals surface area contributed by atoms with Gasteiger partial charge in [-0.1, -0.05) is 32.0 Å². The summed E-state index contributed by atoms with van der Waals surface area (Å²) in [5.74, 6) is 2.35. The van der Waals surface area contributed by atoms with Crippen LogP contribution in [0.2, 0.25) is 0 Å². The van der Waals surface area contributed by atoms with Gasteiger partial charge in [0.15, 0.2) is 5.11 Å². The first kappa shape index (κ1) is 18.3. The predicted molar refractivity (Wildman–Crippen MR) is 106 cm³/mol. The molecular weight excluding hydrogens is 316 g/mol.